The molecule has 0 saturated heterocycles. The van der Waals surface area contributed by atoms with Crippen molar-refractivity contribution in [2.45, 2.75) is 33.3 Å². The van der Waals surface area contributed by atoms with Crippen molar-refractivity contribution in [2.75, 3.05) is 6.61 Å². The number of ether oxygens (including phenoxy) is 1. The SMILES string of the molecule is CCOC(=O)C(C)(O)C=C(C)C. The minimum Gasteiger partial charge on any atom is -0.464 e. The molecule has 1 unspecified atom stereocenters. The number of rotatable bonds is 3. The van der Waals surface area contributed by atoms with Gasteiger partial charge < -0.3 is 9.84 Å². The summed E-state index contributed by atoms with van der Waals surface area (Å²) in [6.07, 6.45) is 1.48. The van der Waals surface area contributed by atoms with Crippen LogP contribution >= 0.6 is 0 Å². The van der Waals surface area contributed by atoms with Crippen molar-refractivity contribution >= 4 is 5.97 Å². The van der Waals surface area contributed by atoms with Crippen molar-refractivity contribution in [3.8, 4) is 0 Å². The zero-order valence-corrected chi connectivity index (χ0v) is 8.05. The number of hydrogen-bond donors (Lipinski definition) is 1. The maximum atomic E-state index is 11.1. The van der Waals surface area contributed by atoms with Gasteiger partial charge in [-0.2, -0.15) is 0 Å². The average Bonchev–Trinajstić information content (AvgIpc) is 1.85. The molecule has 1 atom stereocenters. The summed E-state index contributed by atoms with van der Waals surface area (Å²) >= 11 is 0. The van der Waals surface area contributed by atoms with E-state index in [-0.39, 0.29) is 6.61 Å². The fourth-order valence-electron chi connectivity index (χ4n) is 0.898. The summed E-state index contributed by atoms with van der Waals surface area (Å²) in [5, 5.41) is 9.53. The Hall–Kier alpha value is -0.830. The zero-order valence-electron chi connectivity index (χ0n) is 8.05. The average molecular weight is 172 g/mol. The molecule has 12 heavy (non-hydrogen) atoms. The van der Waals surface area contributed by atoms with E-state index in [0.717, 1.165) is 5.57 Å². The summed E-state index contributed by atoms with van der Waals surface area (Å²) in [6, 6.07) is 0. The van der Waals surface area contributed by atoms with E-state index in [1.54, 1.807) is 6.92 Å². The van der Waals surface area contributed by atoms with E-state index in [9.17, 15) is 9.90 Å². The Bertz CT molecular complexity index is 188. The molecular formula is C9H16O3. The lowest BCUT2D eigenvalue weighted by atomic mass is 10.0. The minimum atomic E-state index is -1.49. The molecule has 0 aromatic rings. The fourth-order valence-corrected chi connectivity index (χ4v) is 0.898. The number of carbonyl (C=O) groups is 1. The Morgan fingerprint density at radius 2 is 2.08 bits per heavy atom. The second-order valence-corrected chi connectivity index (χ2v) is 3.09. The molecule has 0 rings (SSSR count). The number of esters is 1. The molecule has 0 aliphatic rings. The Kier molecular flexibility index (Phi) is 3.96. The quantitative estimate of drug-likeness (QED) is 0.515. The molecule has 0 aromatic carbocycles. The van der Waals surface area contributed by atoms with E-state index in [0.29, 0.717) is 0 Å². The molecule has 0 amide bonds. The van der Waals surface area contributed by atoms with Crippen LogP contribution in [0.4, 0.5) is 0 Å². The molecule has 0 saturated carbocycles. The number of aliphatic hydroxyl groups is 1. The number of allylic oxidation sites excluding steroid dienone is 1. The molecule has 0 aliphatic carbocycles. The lowest BCUT2D eigenvalue weighted by Gasteiger charge is -2.17. The van der Waals surface area contributed by atoms with E-state index >= 15 is 0 Å². The number of hydrogen-bond acceptors (Lipinski definition) is 3. The van der Waals surface area contributed by atoms with Crippen LogP contribution in [0, 0.1) is 0 Å². The van der Waals surface area contributed by atoms with Gasteiger partial charge in [-0.05, 0) is 33.8 Å². The van der Waals surface area contributed by atoms with Crippen LogP contribution < -0.4 is 0 Å². The van der Waals surface area contributed by atoms with Gasteiger partial charge in [-0.25, -0.2) is 4.79 Å². The molecule has 0 spiro atoms. The first-order chi connectivity index (χ1) is 5.40. The van der Waals surface area contributed by atoms with Gasteiger partial charge in [-0.3, -0.25) is 0 Å². The minimum absolute atomic E-state index is 0.283. The molecular weight excluding hydrogens is 156 g/mol. The third-order valence-corrected chi connectivity index (χ3v) is 1.26. The van der Waals surface area contributed by atoms with E-state index in [4.69, 9.17) is 0 Å². The van der Waals surface area contributed by atoms with Gasteiger partial charge in [0.2, 0.25) is 0 Å². The lowest BCUT2D eigenvalue weighted by molar-refractivity contribution is -0.158. The standard InChI is InChI=1S/C9H16O3/c1-5-12-8(10)9(4,11)6-7(2)3/h6,11H,5H2,1-4H3. The van der Waals surface area contributed by atoms with Crippen LogP contribution in [0.15, 0.2) is 11.6 Å². The highest BCUT2D eigenvalue weighted by molar-refractivity contribution is 5.81. The second-order valence-electron chi connectivity index (χ2n) is 3.09. The van der Waals surface area contributed by atoms with Gasteiger partial charge in [0.25, 0.3) is 0 Å². The van der Waals surface area contributed by atoms with Crippen LogP contribution in [0.1, 0.15) is 27.7 Å². The van der Waals surface area contributed by atoms with E-state index in [1.165, 1.54) is 13.0 Å². The van der Waals surface area contributed by atoms with E-state index in [2.05, 4.69) is 4.74 Å². The molecule has 1 N–H and O–H groups in total. The first-order valence-electron chi connectivity index (χ1n) is 3.95. The Labute approximate surface area is 73.0 Å². The van der Waals surface area contributed by atoms with Gasteiger partial charge >= 0.3 is 5.97 Å². The summed E-state index contributed by atoms with van der Waals surface area (Å²) in [7, 11) is 0. The predicted molar refractivity (Wildman–Crippen MR) is 46.7 cm³/mol. The number of carbonyl (C=O) groups excluding carboxylic acids is 1. The Balaban J connectivity index is 4.39. The van der Waals surface area contributed by atoms with Gasteiger partial charge in [0, 0.05) is 0 Å². The molecule has 3 nitrogen and oxygen atoms in total. The molecule has 0 aliphatic heterocycles. The van der Waals surface area contributed by atoms with Gasteiger partial charge in [-0.15, -0.1) is 0 Å². The Morgan fingerprint density at radius 3 is 2.42 bits per heavy atom. The maximum absolute atomic E-state index is 11.1. The fraction of sp³-hybridized carbons (Fsp3) is 0.667. The van der Waals surface area contributed by atoms with Crippen LogP contribution in [-0.4, -0.2) is 23.3 Å². The summed E-state index contributed by atoms with van der Waals surface area (Å²) in [5.74, 6) is -0.605. The predicted octanol–water partition coefficient (Wildman–Crippen LogP) is 1.27. The molecule has 0 radical (unpaired) electrons. The van der Waals surface area contributed by atoms with Crippen LogP contribution in [0.2, 0.25) is 0 Å². The normalized spacial score (nSPS) is 14.8. The molecule has 0 aromatic heterocycles. The highest BCUT2D eigenvalue weighted by atomic mass is 16.5. The molecule has 3 heteroatoms. The highest BCUT2D eigenvalue weighted by Crippen LogP contribution is 2.10. The zero-order chi connectivity index (χ0) is 9.78. The van der Waals surface area contributed by atoms with Crippen molar-refractivity contribution in [1.29, 1.82) is 0 Å². The van der Waals surface area contributed by atoms with E-state index in [1.807, 2.05) is 13.8 Å². The largest absolute Gasteiger partial charge is 0.464 e. The molecule has 0 bridgehead atoms. The third kappa shape index (κ3) is 3.53. The van der Waals surface area contributed by atoms with Gasteiger partial charge in [-0.1, -0.05) is 5.57 Å². The highest BCUT2D eigenvalue weighted by Gasteiger charge is 2.28. The monoisotopic (exact) mass is 172 g/mol. The Morgan fingerprint density at radius 1 is 1.58 bits per heavy atom. The van der Waals surface area contributed by atoms with Crippen LogP contribution in [0.5, 0.6) is 0 Å². The van der Waals surface area contributed by atoms with Crippen LogP contribution in [0.3, 0.4) is 0 Å². The van der Waals surface area contributed by atoms with Crippen molar-refractivity contribution in [3.05, 3.63) is 11.6 Å². The first-order valence-corrected chi connectivity index (χ1v) is 3.95. The van der Waals surface area contributed by atoms with Crippen molar-refractivity contribution in [3.63, 3.8) is 0 Å². The smallest absolute Gasteiger partial charge is 0.341 e. The van der Waals surface area contributed by atoms with E-state index < -0.39 is 11.6 Å². The molecule has 0 fully saturated rings. The van der Waals surface area contributed by atoms with Crippen molar-refractivity contribution in [1.82, 2.24) is 0 Å². The summed E-state index contributed by atoms with van der Waals surface area (Å²) < 4.78 is 4.67. The molecule has 0 heterocycles. The van der Waals surface area contributed by atoms with Crippen molar-refractivity contribution in [2.24, 2.45) is 0 Å². The summed E-state index contributed by atoms with van der Waals surface area (Å²) in [6.45, 7) is 7.03. The summed E-state index contributed by atoms with van der Waals surface area (Å²) in [5.41, 5.74) is -0.609. The van der Waals surface area contributed by atoms with Gasteiger partial charge in [0.05, 0.1) is 6.61 Å². The van der Waals surface area contributed by atoms with Crippen LogP contribution in [-0.2, 0) is 9.53 Å². The van der Waals surface area contributed by atoms with Crippen LogP contribution in [0.25, 0.3) is 0 Å². The topological polar surface area (TPSA) is 46.5 Å². The molecule has 70 valence electrons. The van der Waals surface area contributed by atoms with Crippen molar-refractivity contribution < 1.29 is 14.6 Å². The maximum Gasteiger partial charge on any atom is 0.341 e. The second kappa shape index (κ2) is 4.26. The first kappa shape index (κ1) is 11.2. The van der Waals surface area contributed by atoms with Gasteiger partial charge in [0.15, 0.2) is 5.60 Å². The lowest BCUT2D eigenvalue weighted by Crippen LogP contribution is -2.34. The van der Waals surface area contributed by atoms with Gasteiger partial charge in [0.1, 0.15) is 0 Å². The third-order valence-electron chi connectivity index (χ3n) is 1.26. The summed E-state index contributed by atoms with van der Waals surface area (Å²) in [4.78, 5) is 11.1.